The molecular formula is C26H35N3OS. The van der Waals surface area contributed by atoms with Crippen molar-refractivity contribution in [1.82, 2.24) is 10.2 Å². The van der Waals surface area contributed by atoms with Crippen molar-refractivity contribution in [3.05, 3.63) is 59.2 Å². The van der Waals surface area contributed by atoms with E-state index in [4.69, 9.17) is 0 Å². The van der Waals surface area contributed by atoms with E-state index in [0.717, 1.165) is 43.9 Å². The molecule has 5 heteroatoms. The summed E-state index contributed by atoms with van der Waals surface area (Å²) in [4.78, 5) is 19.0. The van der Waals surface area contributed by atoms with Crippen molar-refractivity contribution in [1.29, 1.82) is 0 Å². The molecule has 31 heavy (non-hydrogen) atoms. The second kappa shape index (κ2) is 11.1. The van der Waals surface area contributed by atoms with E-state index in [1.54, 1.807) is 0 Å². The molecule has 166 valence electrons. The molecule has 2 aliphatic heterocycles. The summed E-state index contributed by atoms with van der Waals surface area (Å²) in [5.41, 5.74) is 4.55. The van der Waals surface area contributed by atoms with Crippen molar-refractivity contribution < 1.29 is 4.79 Å². The number of hydrogen-bond acceptors (Lipinski definition) is 4. The predicted octanol–water partition coefficient (Wildman–Crippen LogP) is 5.10. The summed E-state index contributed by atoms with van der Waals surface area (Å²) in [6, 6.07) is 14.9. The first kappa shape index (κ1) is 22.2. The Hall–Kier alpha value is -1.98. The normalized spacial score (nSPS) is 17.1. The number of nitrogens with one attached hydrogen (secondary N) is 1. The number of hydrogen-bond donors (Lipinski definition) is 1. The van der Waals surface area contributed by atoms with Gasteiger partial charge in [0.2, 0.25) is 0 Å². The number of nitrogens with zero attached hydrogens (tertiary/aromatic N) is 2. The summed E-state index contributed by atoms with van der Waals surface area (Å²) in [7, 11) is 0. The highest BCUT2D eigenvalue weighted by Crippen LogP contribution is 2.36. The fourth-order valence-electron chi connectivity index (χ4n) is 4.46. The fraction of sp³-hybridized carbons (Fsp3) is 0.500. The fourth-order valence-corrected chi connectivity index (χ4v) is 5.49. The largest absolute Gasteiger partial charge is 0.365 e. The van der Waals surface area contributed by atoms with Gasteiger partial charge in [-0.2, -0.15) is 0 Å². The van der Waals surface area contributed by atoms with Crippen LogP contribution in [0.1, 0.15) is 53.6 Å². The Labute approximate surface area is 191 Å². The number of carbonyl (C=O) groups is 1. The first-order valence-corrected chi connectivity index (χ1v) is 12.8. The van der Waals surface area contributed by atoms with Crippen LogP contribution in [0.15, 0.2) is 47.4 Å². The number of benzene rings is 2. The predicted molar refractivity (Wildman–Crippen MR) is 131 cm³/mol. The first-order chi connectivity index (χ1) is 15.2. The van der Waals surface area contributed by atoms with Gasteiger partial charge in [0.05, 0.1) is 5.69 Å². The molecule has 2 aromatic rings. The van der Waals surface area contributed by atoms with Crippen LogP contribution in [-0.4, -0.2) is 49.3 Å². The molecule has 0 aliphatic carbocycles. The van der Waals surface area contributed by atoms with Crippen LogP contribution in [0.25, 0.3) is 0 Å². The van der Waals surface area contributed by atoms with E-state index in [9.17, 15) is 4.79 Å². The van der Waals surface area contributed by atoms with Gasteiger partial charge < -0.3 is 15.1 Å². The van der Waals surface area contributed by atoms with Crippen molar-refractivity contribution in [2.24, 2.45) is 0 Å². The summed E-state index contributed by atoms with van der Waals surface area (Å²) in [6.45, 7) is 8.27. The number of rotatable bonds is 7. The molecule has 2 heterocycles. The maximum Gasteiger partial charge on any atom is 0.251 e. The van der Waals surface area contributed by atoms with Gasteiger partial charge in [-0.15, -0.1) is 11.8 Å². The lowest BCUT2D eigenvalue weighted by Crippen LogP contribution is -2.31. The van der Waals surface area contributed by atoms with Crippen LogP contribution in [0.3, 0.4) is 0 Å². The van der Waals surface area contributed by atoms with Gasteiger partial charge in [0.1, 0.15) is 0 Å². The first-order valence-electron chi connectivity index (χ1n) is 11.8. The van der Waals surface area contributed by atoms with Gasteiger partial charge in [-0.3, -0.25) is 4.79 Å². The molecule has 4 nitrogen and oxygen atoms in total. The minimum atomic E-state index is 0.0459. The topological polar surface area (TPSA) is 35.6 Å². The summed E-state index contributed by atoms with van der Waals surface area (Å²) >= 11 is 1.89. The van der Waals surface area contributed by atoms with E-state index in [-0.39, 0.29) is 5.91 Å². The van der Waals surface area contributed by atoms with E-state index in [1.807, 2.05) is 17.8 Å². The van der Waals surface area contributed by atoms with Crippen molar-refractivity contribution >= 4 is 23.4 Å². The molecule has 2 aromatic carbocycles. The quantitative estimate of drug-likeness (QED) is 0.611. The second-order valence-electron chi connectivity index (χ2n) is 8.80. The summed E-state index contributed by atoms with van der Waals surface area (Å²) < 4.78 is 0. The maximum atomic E-state index is 12.8. The molecule has 0 radical (unpaired) electrons. The third kappa shape index (κ3) is 6.27. The molecule has 1 N–H and O–H groups in total. The lowest BCUT2D eigenvalue weighted by molar-refractivity contribution is 0.0951. The highest BCUT2D eigenvalue weighted by Gasteiger charge is 2.19. The number of anilines is 1. The summed E-state index contributed by atoms with van der Waals surface area (Å²) in [5, 5.41) is 3.14. The van der Waals surface area contributed by atoms with E-state index >= 15 is 0 Å². The minimum Gasteiger partial charge on any atom is -0.365 e. The number of thioether (sulfide) groups is 1. The average Bonchev–Trinajstić information content (AvgIpc) is 3.07. The summed E-state index contributed by atoms with van der Waals surface area (Å²) in [5.74, 6) is 1.13. The smallest absolute Gasteiger partial charge is 0.251 e. The Balaban J connectivity index is 1.33. The van der Waals surface area contributed by atoms with Crippen LogP contribution >= 0.6 is 11.8 Å². The second-order valence-corrected chi connectivity index (χ2v) is 9.94. The van der Waals surface area contributed by atoms with E-state index in [0.29, 0.717) is 0 Å². The van der Waals surface area contributed by atoms with Gasteiger partial charge in [0.25, 0.3) is 5.91 Å². The van der Waals surface area contributed by atoms with E-state index < -0.39 is 0 Å². The van der Waals surface area contributed by atoms with E-state index in [1.165, 1.54) is 60.5 Å². The molecule has 2 aliphatic rings. The molecule has 1 saturated heterocycles. The van der Waals surface area contributed by atoms with Crippen molar-refractivity contribution in [2.75, 3.05) is 43.4 Å². The van der Waals surface area contributed by atoms with Gasteiger partial charge >= 0.3 is 0 Å². The number of amides is 1. The third-order valence-corrected chi connectivity index (χ3v) is 7.35. The molecule has 1 amide bonds. The molecule has 0 spiro atoms. The Morgan fingerprint density at radius 3 is 2.55 bits per heavy atom. The van der Waals surface area contributed by atoms with Crippen LogP contribution in [-0.2, 0) is 6.54 Å². The Kier molecular flexibility index (Phi) is 7.92. The van der Waals surface area contributed by atoms with Gasteiger partial charge in [-0.1, -0.05) is 42.7 Å². The molecule has 0 saturated carbocycles. The van der Waals surface area contributed by atoms with Crippen LogP contribution in [0.5, 0.6) is 0 Å². The zero-order chi connectivity index (χ0) is 21.5. The standard InChI is InChI=1S/C26H35N3OS/c1-21-7-9-22(10-8-21)20-29-17-18-31-25-12-11-23(19-24(25)29)26(30)27-13-6-16-28-14-4-2-3-5-15-28/h7-12,19H,2-6,13-18,20H2,1H3,(H,27,30). The van der Waals surface area contributed by atoms with E-state index in [2.05, 4.69) is 58.4 Å². The molecule has 4 rings (SSSR count). The van der Waals surface area contributed by atoms with Gasteiger partial charge in [0, 0.05) is 35.8 Å². The van der Waals surface area contributed by atoms with Crippen molar-refractivity contribution in [3.8, 4) is 0 Å². The minimum absolute atomic E-state index is 0.0459. The van der Waals surface area contributed by atoms with Gasteiger partial charge in [-0.25, -0.2) is 0 Å². The lowest BCUT2D eigenvalue weighted by Gasteiger charge is -2.31. The Morgan fingerprint density at radius 2 is 1.77 bits per heavy atom. The van der Waals surface area contributed by atoms with Crippen LogP contribution in [0, 0.1) is 6.92 Å². The monoisotopic (exact) mass is 437 g/mol. The third-order valence-electron chi connectivity index (χ3n) is 6.31. The highest BCUT2D eigenvalue weighted by atomic mass is 32.2. The molecule has 1 fully saturated rings. The Bertz CT molecular complexity index is 859. The van der Waals surface area contributed by atoms with Crippen LogP contribution in [0.2, 0.25) is 0 Å². The van der Waals surface area contributed by atoms with Crippen molar-refractivity contribution in [3.63, 3.8) is 0 Å². The molecule has 0 unspecified atom stereocenters. The van der Waals surface area contributed by atoms with Crippen molar-refractivity contribution in [2.45, 2.75) is 50.5 Å². The maximum absolute atomic E-state index is 12.8. The molecule has 0 aromatic heterocycles. The SMILES string of the molecule is Cc1ccc(CN2CCSc3ccc(C(=O)NCCCN4CCCCCC4)cc32)cc1. The number of fused-ring (bicyclic) bond motifs is 1. The summed E-state index contributed by atoms with van der Waals surface area (Å²) in [6.07, 6.45) is 6.39. The number of carbonyl (C=O) groups excluding carboxylic acids is 1. The van der Waals surface area contributed by atoms with Gasteiger partial charge in [-0.05, 0) is 69.6 Å². The van der Waals surface area contributed by atoms with Gasteiger partial charge in [0.15, 0.2) is 0 Å². The molecule has 0 atom stereocenters. The Morgan fingerprint density at radius 1 is 1.00 bits per heavy atom. The zero-order valence-electron chi connectivity index (χ0n) is 18.7. The zero-order valence-corrected chi connectivity index (χ0v) is 19.6. The molecular weight excluding hydrogens is 402 g/mol. The average molecular weight is 438 g/mol. The van der Waals surface area contributed by atoms with Crippen LogP contribution in [0.4, 0.5) is 5.69 Å². The molecule has 0 bridgehead atoms. The highest BCUT2D eigenvalue weighted by molar-refractivity contribution is 7.99. The number of aryl methyl sites for hydroxylation is 1. The van der Waals surface area contributed by atoms with Crippen LogP contribution < -0.4 is 10.2 Å². The lowest BCUT2D eigenvalue weighted by atomic mass is 10.1. The number of likely N-dealkylation sites (tertiary alicyclic amines) is 1.